The SMILES string of the molecule is Cc1cnc(N)c(C(=O)C(N)C(C)(C)C)c1. The number of carbonyl (C=O) groups excluding carboxylic acids is 1. The van der Waals surface area contributed by atoms with Crippen LogP contribution in [0.25, 0.3) is 0 Å². The number of ketones is 1. The Morgan fingerprint density at radius 1 is 1.44 bits per heavy atom. The number of nitrogen functional groups attached to an aromatic ring is 1. The molecule has 0 aliphatic rings. The molecule has 1 rings (SSSR count). The summed E-state index contributed by atoms with van der Waals surface area (Å²) in [6.07, 6.45) is 1.63. The molecular formula is C12H19N3O. The van der Waals surface area contributed by atoms with Crippen LogP contribution in [0.1, 0.15) is 36.7 Å². The van der Waals surface area contributed by atoms with E-state index in [9.17, 15) is 4.79 Å². The summed E-state index contributed by atoms with van der Waals surface area (Å²) in [5.74, 6) is 0.0940. The van der Waals surface area contributed by atoms with E-state index in [1.807, 2.05) is 27.7 Å². The Morgan fingerprint density at radius 3 is 2.50 bits per heavy atom. The molecule has 1 aromatic rings. The maximum absolute atomic E-state index is 12.1. The second kappa shape index (κ2) is 4.22. The van der Waals surface area contributed by atoms with Gasteiger partial charge in [-0.15, -0.1) is 0 Å². The number of anilines is 1. The lowest BCUT2D eigenvalue weighted by atomic mass is 9.83. The topological polar surface area (TPSA) is 82.0 Å². The van der Waals surface area contributed by atoms with E-state index in [4.69, 9.17) is 11.5 Å². The third-order valence-corrected chi connectivity index (χ3v) is 2.54. The minimum Gasteiger partial charge on any atom is -0.383 e. The molecule has 0 aromatic carbocycles. The molecule has 1 heterocycles. The number of Topliss-reactive ketones (excluding diaryl/α,β-unsaturated/α-hetero) is 1. The summed E-state index contributed by atoms with van der Waals surface area (Å²) >= 11 is 0. The molecule has 1 atom stereocenters. The first kappa shape index (κ1) is 12.6. The molecule has 1 unspecified atom stereocenters. The van der Waals surface area contributed by atoms with Crippen LogP contribution in [0.4, 0.5) is 5.82 Å². The van der Waals surface area contributed by atoms with Gasteiger partial charge in [-0.2, -0.15) is 0 Å². The van der Waals surface area contributed by atoms with E-state index >= 15 is 0 Å². The fourth-order valence-electron chi connectivity index (χ4n) is 1.34. The number of carbonyl (C=O) groups is 1. The van der Waals surface area contributed by atoms with Crippen LogP contribution < -0.4 is 11.5 Å². The van der Waals surface area contributed by atoms with E-state index in [0.29, 0.717) is 5.56 Å². The van der Waals surface area contributed by atoms with E-state index in [-0.39, 0.29) is 17.0 Å². The van der Waals surface area contributed by atoms with Crippen molar-refractivity contribution in [2.24, 2.45) is 11.1 Å². The van der Waals surface area contributed by atoms with Gasteiger partial charge < -0.3 is 11.5 Å². The quantitative estimate of drug-likeness (QED) is 0.742. The van der Waals surface area contributed by atoms with Crippen molar-refractivity contribution in [1.29, 1.82) is 0 Å². The fourth-order valence-corrected chi connectivity index (χ4v) is 1.34. The van der Waals surface area contributed by atoms with Crippen molar-refractivity contribution in [1.82, 2.24) is 4.98 Å². The first-order valence-electron chi connectivity index (χ1n) is 5.25. The van der Waals surface area contributed by atoms with Crippen LogP contribution in [0.3, 0.4) is 0 Å². The predicted octanol–water partition coefficient (Wildman–Crippen LogP) is 1.53. The molecule has 0 radical (unpaired) electrons. The van der Waals surface area contributed by atoms with Crippen molar-refractivity contribution >= 4 is 11.6 Å². The van der Waals surface area contributed by atoms with Gasteiger partial charge in [0.2, 0.25) is 0 Å². The standard InChI is InChI=1S/C12H19N3O/c1-7-5-8(11(14)15-6-7)9(16)10(13)12(2,3)4/h5-6,10H,13H2,1-4H3,(H2,14,15). The largest absolute Gasteiger partial charge is 0.383 e. The van der Waals surface area contributed by atoms with Crippen molar-refractivity contribution < 1.29 is 4.79 Å². The second-order valence-corrected chi connectivity index (χ2v) is 5.15. The van der Waals surface area contributed by atoms with Crippen molar-refractivity contribution in [3.8, 4) is 0 Å². The van der Waals surface area contributed by atoms with Crippen LogP contribution in [0.5, 0.6) is 0 Å². The van der Waals surface area contributed by atoms with Gasteiger partial charge in [-0.1, -0.05) is 20.8 Å². The number of aromatic nitrogens is 1. The van der Waals surface area contributed by atoms with Crippen LogP contribution in [-0.4, -0.2) is 16.8 Å². The van der Waals surface area contributed by atoms with Gasteiger partial charge in [0.15, 0.2) is 5.78 Å². The van der Waals surface area contributed by atoms with E-state index in [0.717, 1.165) is 5.56 Å². The monoisotopic (exact) mass is 221 g/mol. The molecule has 4 nitrogen and oxygen atoms in total. The highest BCUT2D eigenvalue weighted by Crippen LogP contribution is 2.22. The van der Waals surface area contributed by atoms with Crippen LogP contribution in [-0.2, 0) is 0 Å². The molecule has 0 saturated heterocycles. The van der Waals surface area contributed by atoms with Crippen molar-refractivity contribution in [2.75, 3.05) is 5.73 Å². The number of pyridine rings is 1. The predicted molar refractivity (Wildman–Crippen MR) is 65.1 cm³/mol. The number of nitrogens with two attached hydrogens (primary N) is 2. The number of hydrogen-bond acceptors (Lipinski definition) is 4. The molecule has 4 heteroatoms. The minimum absolute atomic E-state index is 0.152. The lowest BCUT2D eigenvalue weighted by Crippen LogP contribution is -2.42. The van der Waals surface area contributed by atoms with Crippen LogP contribution in [0, 0.1) is 12.3 Å². The van der Waals surface area contributed by atoms with Gasteiger partial charge in [-0.3, -0.25) is 4.79 Å². The molecule has 0 bridgehead atoms. The van der Waals surface area contributed by atoms with Gasteiger partial charge >= 0.3 is 0 Å². The molecular weight excluding hydrogens is 202 g/mol. The van der Waals surface area contributed by atoms with E-state index in [1.54, 1.807) is 12.3 Å². The van der Waals surface area contributed by atoms with Crippen LogP contribution in [0.15, 0.2) is 12.3 Å². The summed E-state index contributed by atoms with van der Waals surface area (Å²) in [5.41, 5.74) is 12.6. The van der Waals surface area contributed by atoms with Gasteiger partial charge in [0.25, 0.3) is 0 Å². The lowest BCUT2D eigenvalue weighted by molar-refractivity contribution is 0.0902. The smallest absolute Gasteiger partial charge is 0.183 e. The Bertz CT molecular complexity index is 407. The summed E-state index contributed by atoms with van der Waals surface area (Å²) in [5, 5.41) is 0. The molecule has 1 aromatic heterocycles. The normalized spacial score (nSPS) is 13.6. The van der Waals surface area contributed by atoms with Crippen molar-refractivity contribution in [2.45, 2.75) is 33.7 Å². The summed E-state index contributed by atoms with van der Waals surface area (Å²) in [7, 11) is 0. The highest BCUT2D eigenvalue weighted by molar-refractivity contribution is 6.03. The number of nitrogens with zero attached hydrogens (tertiary/aromatic N) is 1. The molecule has 0 amide bonds. The summed E-state index contributed by atoms with van der Waals surface area (Å²) in [6.45, 7) is 7.64. The Hall–Kier alpha value is -1.42. The van der Waals surface area contributed by atoms with E-state index in [2.05, 4.69) is 4.98 Å². The molecule has 4 N–H and O–H groups in total. The molecule has 0 aliphatic heterocycles. The molecule has 16 heavy (non-hydrogen) atoms. The van der Waals surface area contributed by atoms with Crippen LogP contribution >= 0.6 is 0 Å². The van der Waals surface area contributed by atoms with Gasteiger partial charge in [-0.25, -0.2) is 4.98 Å². The van der Waals surface area contributed by atoms with Crippen molar-refractivity contribution in [3.63, 3.8) is 0 Å². The Morgan fingerprint density at radius 2 is 2.00 bits per heavy atom. The summed E-state index contributed by atoms with van der Waals surface area (Å²) in [4.78, 5) is 16.1. The zero-order valence-electron chi connectivity index (χ0n) is 10.2. The molecule has 0 fully saturated rings. The third kappa shape index (κ3) is 2.58. The van der Waals surface area contributed by atoms with Gasteiger partial charge in [0.05, 0.1) is 11.6 Å². The Balaban J connectivity index is 3.10. The lowest BCUT2D eigenvalue weighted by Gasteiger charge is -2.25. The molecule has 0 spiro atoms. The maximum atomic E-state index is 12.1. The zero-order chi connectivity index (χ0) is 12.5. The number of rotatable bonds is 2. The maximum Gasteiger partial charge on any atom is 0.183 e. The second-order valence-electron chi connectivity index (χ2n) is 5.15. The first-order chi connectivity index (χ1) is 7.23. The highest BCUT2D eigenvalue weighted by Gasteiger charge is 2.29. The number of hydrogen-bond donors (Lipinski definition) is 2. The Labute approximate surface area is 96.0 Å². The fraction of sp³-hybridized carbons (Fsp3) is 0.500. The minimum atomic E-state index is -0.571. The number of aryl methyl sites for hydroxylation is 1. The zero-order valence-corrected chi connectivity index (χ0v) is 10.2. The molecule has 0 saturated carbocycles. The molecule has 88 valence electrons. The molecule has 0 aliphatic carbocycles. The van der Waals surface area contributed by atoms with Gasteiger partial charge in [0, 0.05) is 6.20 Å². The van der Waals surface area contributed by atoms with Crippen LogP contribution in [0.2, 0.25) is 0 Å². The highest BCUT2D eigenvalue weighted by atomic mass is 16.1. The van der Waals surface area contributed by atoms with E-state index in [1.165, 1.54) is 0 Å². The summed E-state index contributed by atoms with van der Waals surface area (Å²) < 4.78 is 0. The van der Waals surface area contributed by atoms with Crippen molar-refractivity contribution in [3.05, 3.63) is 23.4 Å². The average Bonchev–Trinajstić information content (AvgIpc) is 2.18. The van der Waals surface area contributed by atoms with Gasteiger partial charge in [0.1, 0.15) is 5.82 Å². The average molecular weight is 221 g/mol. The third-order valence-electron chi connectivity index (χ3n) is 2.54. The first-order valence-corrected chi connectivity index (χ1v) is 5.25. The van der Waals surface area contributed by atoms with E-state index < -0.39 is 6.04 Å². The summed E-state index contributed by atoms with van der Waals surface area (Å²) in [6, 6.07) is 1.16. The van der Waals surface area contributed by atoms with Gasteiger partial charge in [-0.05, 0) is 24.0 Å². The Kier molecular flexibility index (Phi) is 3.33.